The second kappa shape index (κ2) is 8.16. The molecule has 0 aliphatic heterocycles. The first-order valence-electron chi connectivity index (χ1n) is 11.3. The van der Waals surface area contributed by atoms with Gasteiger partial charge in [0, 0.05) is 40.9 Å². The first-order chi connectivity index (χ1) is 16.2. The summed E-state index contributed by atoms with van der Waals surface area (Å²) >= 11 is 0. The van der Waals surface area contributed by atoms with Gasteiger partial charge in [0.2, 0.25) is 0 Å². The Morgan fingerprint density at radius 2 is 2.06 bits per heavy atom. The zero-order chi connectivity index (χ0) is 24.2. The summed E-state index contributed by atoms with van der Waals surface area (Å²) in [7, 11) is 1.62. The summed E-state index contributed by atoms with van der Waals surface area (Å²) in [6.07, 6.45) is 3.44. The molecule has 3 aromatic heterocycles. The van der Waals surface area contributed by atoms with Crippen molar-refractivity contribution in [2.24, 2.45) is 5.92 Å². The van der Waals surface area contributed by atoms with E-state index < -0.39 is 28.9 Å². The third kappa shape index (κ3) is 3.55. The maximum atomic E-state index is 14.4. The zero-order valence-corrected chi connectivity index (χ0v) is 19.2. The number of fused-ring (bicyclic) bond motifs is 2. The lowest BCUT2D eigenvalue weighted by Gasteiger charge is -2.29. The highest BCUT2D eigenvalue weighted by molar-refractivity contribution is 5.94. The number of aromatic nitrogens is 4. The molecule has 2 unspecified atom stereocenters. The quantitative estimate of drug-likeness (QED) is 0.412. The summed E-state index contributed by atoms with van der Waals surface area (Å²) in [6.45, 7) is 4.43. The van der Waals surface area contributed by atoms with Crippen LogP contribution in [0.2, 0.25) is 0 Å². The normalized spacial score (nSPS) is 18.9. The van der Waals surface area contributed by atoms with Crippen LogP contribution in [0.15, 0.2) is 30.5 Å². The largest absolute Gasteiger partial charge is 0.481 e. The first kappa shape index (κ1) is 22.5. The lowest BCUT2D eigenvalue weighted by molar-refractivity contribution is -0.141. The Morgan fingerprint density at radius 3 is 2.74 bits per heavy atom. The third-order valence-corrected chi connectivity index (χ3v) is 6.88. The number of rotatable bonds is 6. The van der Waals surface area contributed by atoms with Crippen LogP contribution in [0.1, 0.15) is 50.3 Å². The van der Waals surface area contributed by atoms with E-state index in [4.69, 9.17) is 9.72 Å². The molecule has 1 saturated carbocycles. The van der Waals surface area contributed by atoms with Gasteiger partial charge in [0.1, 0.15) is 0 Å². The predicted molar refractivity (Wildman–Crippen MR) is 123 cm³/mol. The predicted octanol–water partition coefficient (Wildman–Crippen LogP) is 5.07. The molecule has 1 fully saturated rings. The molecule has 2 atom stereocenters. The molecule has 0 saturated heterocycles. The van der Waals surface area contributed by atoms with Gasteiger partial charge in [-0.3, -0.25) is 9.89 Å². The van der Waals surface area contributed by atoms with Crippen LogP contribution in [0.5, 0.6) is 0 Å². The van der Waals surface area contributed by atoms with Crippen molar-refractivity contribution in [3.8, 4) is 5.69 Å². The molecule has 2 N–H and O–H groups in total. The van der Waals surface area contributed by atoms with Gasteiger partial charge in [-0.1, -0.05) is 13.8 Å². The van der Waals surface area contributed by atoms with Crippen molar-refractivity contribution in [1.29, 1.82) is 0 Å². The molecule has 3 heterocycles. The molecule has 5 rings (SSSR count). The Hall–Kier alpha value is -3.33. The minimum Gasteiger partial charge on any atom is -0.481 e. The van der Waals surface area contributed by atoms with Gasteiger partial charge in [0.25, 0.3) is 0 Å². The summed E-state index contributed by atoms with van der Waals surface area (Å²) in [6, 6.07) is 5.77. The van der Waals surface area contributed by atoms with E-state index >= 15 is 0 Å². The number of pyridine rings is 1. The van der Waals surface area contributed by atoms with Crippen LogP contribution < -0.4 is 0 Å². The number of benzene rings is 1. The topological polar surface area (TPSA) is 93.0 Å². The summed E-state index contributed by atoms with van der Waals surface area (Å²) in [5, 5.41) is 17.4. The number of H-pyrrole nitrogens is 1. The number of hydrogen-bond donors (Lipinski definition) is 2. The van der Waals surface area contributed by atoms with Crippen LogP contribution >= 0.6 is 0 Å². The van der Waals surface area contributed by atoms with Crippen molar-refractivity contribution in [3.05, 3.63) is 53.4 Å². The Balaban J connectivity index is 1.88. The Bertz CT molecular complexity index is 1410. The number of carboxylic acids is 1. The number of methoxy groups -OCH3 is 1. The van der Waals surface area contributed by atoms with E-state index in [1.165, 1.54) is 6.07 Å². The van der Waals surface area contributed by atoms with Crippen molar-refractivity contribution in [3.63, 3.8) is 0 Å². The highest BCUT2D eigenvalue weighted by Gasteiger charge is 2.39. The van der Waals surface area contributed by atoms with E-state index in [2.05, 4.69) is 10.2 Å². The fourth-order valence-corrected chi connectivity index (χ4v) is 5.43. The second-order valence-electron chi connectivity index (χ2n) is 9.72. The van der Waals surface area contributed by atoms with Crippen molar-refractivity contribution in [2.45, 2.75) is 44.4 Å². The molecule has 0 bridgehead atoms. The molecular weight excluding hydrogens is 442 g/mol. The first-order valence-corrected chi connectivity index (χ1v) is 11.3. The molecule has 9 heteroatoms. The van der Waals surface area contributed by atoms with E-state index in [0.717, 1.165) is 28.2 Å². The van der Waals surface area contributed by atoms with Gasteiger partial charge < -0.3 is 14.4 Å². The second-order valence-corrected chi connectivity index (χ2v) is 9.72. The van der Waals surface area contributed by atoms with Crippen LogP contribution in [0.4, 0.5) is 8.78 Å². The van der Waals surface area contributed by atoms with Crippen LogP contribution in [0.3, 0.4) is 0 Å². The van der Waals surface area contributed by atoms with E-state index in [0.29, 0.717) is 42.7 Å². The molecule has 0 amide bonds. The number of aromatic amines is 1. The molecule has 1 aromatic carbocycles. The minimum absolute atomic E-state index is 0.0471. The Labute approximate surface area is 194 Å². The van der Waals surface area contributed by atoms with Crippen LogP contribution in [0, 0.1) is 17.6 Å². The lowest BCUT2D eigenvalue weighted by Crippen LogP contribution is -2.28. The number of halogens is 2. The SMILES string of the molecule is COCC(C)(C)c1c(C2CCC(C(=O)O)C2)c2nc3[nH]ncc3cc2n1-c1ccc(F)c(F)c1. The standard InChI is InChI=1S/C25H26F2N4O3/c1-25(2,12-34-3)22-20(13-4-5-14(8-13)24(32)33)21-19(9-15-11-28-30-23(15)29-21)31(22)16-6-7-17(26)18(27)10-16/h6-7,9-11,13-14H,4-5,8,12H2,1-3H3,(H,32,33)(H,28,29,30). The van der Waals surface area contributed by atoms with Crippen molar-refractivity contribution < 1.29 is 23.4 Å². The molecule has 34 heavy (non-hydrogen) atoms. The van der Waals surface area contributed by atoms with Crippen molar-refractivity contribution in [2.75, 3.05) is 13.7 Å². The average molecular weight is 469 g/mol. The van der Waals surface area contributed by atoms with Gasteiger partial charge in [-0.05, 0) is 43.4 Å². The zero-order valence-electron chi connectivity index (χ0n) is 19.2. The van der Waals surface area contributed by atoms with Crippen LogP contribution in [-0.4, -0.2) is 44.5 Å². The lowest BCUT2D eigenvalue weighted by atomic mass is 9.82. The van der Waals surface area contributed by atoms with Gasteiger partial charge >= 0.3 is 5.97 Å². The summed E-state index contributed by atoms with van der Waals surface area (Å²) < 4.78 is 35.7. The summed E-state index contributed by atoms with van der Waals surface area (Å²) in [5.74, 6) is -3.14. The van der Waals surface area contributed by atoms with E-state index in [-0.39, 0.29) is 5.92 Å². The molecule has 178 valence electrons. The fraction of sp³-hybridized carbons (Fsp3) is 0.400. The molecule has 0 spiro atoms. The van der Waals surface area contributed by atoms with E-state index in [9.17, 15) is 18.7 Å². The molecule has 4 aromatic rings. The number of ether oxygens (including phenoxy) is 1. The summed E-state index contributed by atoms with van der Waals surface area (Å²) in [5.41, 5.74) is 3.76. The number of hydrogen-bond acceptors (Lipinski definition) is 4. The number of nitrogens with zero attached hydrogens (tertiary/aromatic N) is 3. The van der Waals surface area contributed by atoms with Gasteiger partial charge in [-0.2, -0.15) is 5.10 Å². The maximum absolute atomic E-state index is 14.4. The number of aliphatic carboxylic acids is 1. The Kier molecular flexibility index (Phi) is 5.39. The van der Waals surface area contributed by atoms with Gasteiger partial charge in [-0.25, -0.2) is 13.8 Å². The van der Waals surface area contributed by atoms with E-state index in [1.807, 2.05) is 24.5 Å². The number of nitrogens with one attached hydrogen (secondary N) is 1. The van der Waals surface area contributed by atoms with Crippen molar-refractivity contribution in [1.82, 2.24) is 19.7 Å². The average Bonchev–Trinajstić information content (AvgIpc) is 3.50. The van der Waals surface area contributed by atoms with Gasteiger partial charge in [-0.15, -0.1) is 0 Å². The number of carbonyl (C=O) groups is 1. The van der Waals surface area contributed by atoms with Crippen molar-refractivity contribution >= 4 is 28.0 Å². The fourth-order valence-electron chi connectivity index (χ4n) is 5.43. The Morgan fingerprint density at radius 1 is 1.26 bits per heavy atom. The molecule has 1 aliphatic rings. The van der Waals surface area contributed by atoms with Crippen LogP contribution in [0.25, 0.3) is 27.8 Å². The third-order valence-electron chi connectivity index (χ3n) is 6.88. The van der Waals surface area contributed by atoms with E-state index in [1.54, 1.807) is 19.4 Å². The number of carboxylic acid groups (broad SMARTS) is 1. The molecule has 0 radical (unpaired) electrons. The molecule has 7 nitrogen and oxygen atoms in total. The monoisotopic (exact) mass is 468 g/mol. The summed E-state index contributed by atoms with van der Waals surface area (Å²) in [4.78, 5) is 16.6. The van der Waals surface area contributed by atoms with Gasteiger partial charge in [0.15, 0.2) is 17.3 Å². The maximum Gasteiger partial charge on any atom is 0.306 e. The minimum atomic E-state index is -0.944. The smallest absolute Gasteiger partial charge is 0.306 e. The highest BCUT2D eigenvalue weighted by atomic mass is 19.2. The molecular formula is C25H26F2N4O3. The highest BCUT2D eigenvalue weighted by Crippen LogP contribution is 2.47. The van der Waals surface area contributed by atoms with Gasteiger partial charge in [0.05, 0.1) is 29.8 Å². The molecule has 1 aliphatic carbocycles. The van der Waals surface area contributed by atoms with Crippen LogP contribution in [-0.2, 0) is 14.9 Å².